The maximum absolute atomic E-state index is 12.5. The molecule has 1 N–H and O–H groups in total. The van der Waals surface area contributed by atoms with Crippen LogP contribution >= 0.6 is 0 Å². The van der Waals surface area contributed by atoms with Crippen molar-refractivity contribution in [3.05, 3.63) is 29.6 Å². The van der Waals surface area contributed by atoms with E-state index >= 15 is 0 Å². The Labute approximate surface area is 74.0 Å². The third-order valence-electron chi connectivity index (χ3n) is 1.50. The van der Waals surface area contributed by atoms with Crippen molar-refractivity contribution < 1.29 is 14.3 Å². The molecular formula is C9H6FNO2. The quantitative estimate of drug-likeness (QED) is 0.702. The molecule has 0 fully saturated rings. The lowest BCUT2D eigenvalue weighted by molar-refractivity contribution is 0.0995. The minimum atomic E-state index is -0.619. The van der Waals surface area contributed by atoms with Gasteiger partial charge in [0, 0.05) is 6.07 Å². The van der Waals surface area contributed by atoms with E-state index in [0.717, 1.165) is 18.2 Å². The summed E-state index contributed by atoms with van der Waals surface area (Å²) in [6.45, 7) is 0. The number of carbonyl (C=O) groups is 1. The molecule has 0 radical (unpaired) electrons. The van der Waals surface area contributed by atoms with Crippen LogP contribution in [0.3, 0.4) is 0 Å². The van der Waals surface area contributed by atoms with Crippen LogP contribution in [0.5, 0.6) is 5.75 Å². The molecule has 0 aromatic heterocycles. The Hall–Kier alpha value is -1.89. The first kappa shape index (κ1) is 9.20. The smallest absolute Gasteiger partial charge is 0.180 e. The number of rotatable bonds is 2. The van der Waals surface area contributed by atoms with E-state index in [0.29, 0.717) is 0 Å². The second kappa shape index (κ2) is 3.68. The molecule has 4 heteroatoms. The molecule has 0 saturated carbocycles. The first-order valence-electron chi connectivity index (χ1n) is 3.54. The van der Waals surface area contributed by atoms with Gasteiger partial charge >= 0.3 is 0 Å². The zero-order valence-corrected chi connectivity index (χ0v) is 6.62. The summed E-state index contributed by atoms with van der Waals surface area (Å²) in [5.41, 5.74) is -0.0250. The fourth-order valence-corrected chi connectivity index (χ4v) is 0.908. The largest absolute Gasteiger partial charge is 0.507 e. The number of hydrogen-bond donors (Lipinski definition) is 1. The predicted octanol–water partition coefficient (Wildman–Crippen LogP) is 1.63. The highest BCUT2D eigenvalue weighted by Gasteiger charge is 2.10. The second-order valence-electron chi connectivity index (χ2n) is 2.42. The van der Waals surface area contributed by atoms with Gasteiger partial charge in [-0.3, -0.25) is 4.79 Å². The maximum Gasteiger partial charge on any atom is 0.180 e. The van der Waals surface area contributed by atoms with Crippen molar-refractivity contribution in [3.8, 4) is 11.8 Å². The zero-order chi connectivity index (χ0) is 9.84. The van der Waals surface area contributed by atoms with E-state index in [1.54, 1.807) is 6.07 Å². The van der Waals surface area contributed by atoms with Gasteiger partial charge < -0.3 is 5.11 Å². The molecule has 13 heavy (non-hydrogen) atoms. The molecular weight excluding hydrogens is 173 g/mol. The Morgan fingerprint density at radius 2 is 2.31 bits per heavy atom. The number of hydrogen-bond acceptors (Lipinski definition) is 3. The molecule has 0 atom stereocenters. The van der Waals surface area contributed by atoms with Crippen molar-refractivity contribution in [1.82, 2.24) is 0 Å². The van der Waals surface area contributed by atoms with E-state index in [4.69, 9.17) is 10.4 Å². The van der Waals surface area contributed by atoms with Crippen molar-refractivity contribution in [2.75, 3.05) is 0 Å². The van der Waals surface area contributed by atoms with Crippen LogP contribution in [0.4, 0.5) is 4.39 Å². The third-order valence-corrected chi connectivity index (χ3v) is 1.50. The van der Waals surface area contributed by atoms with Crippen LogP contribution in [0.15, 0.2) is 18.2 Å². The first-order valence-corrected chi connectivity index (χ1v) is 3.54. The summed E-state index contributed by atoms with van der Waals surface area (Å²) >= 11 is 0. The van der Waals surface area contributed by atoms with E-state index in [-0.39, 0.29) is 12.0 Å². The van der Waals surface area contributed by atoms with Crippen LogP contribution in [-0.2, 0) is 0 Å². The predicted molar refractivity (Wildman–Crippen MR) is 42.6 cm³/mol. The van der Waals surface area contributed by atoms with Gasteiger partial charge in [-0.05, 0) is 12.1 Å². The van der Waals surface area contributed by atoms with Gasteiger partial charge in [0.25, 0.3) is 0 Å². The van der Waals surface area contributed by atoms with Crippen LogP contribution in [0, 0.1) is 17.1 Å². The molecule has 0 aliphatic rings. The molecule has 0 aliphatic heterocycles. The van der Waals surface area contributed by atoms with E-state index in [1.165, 1.54) is 0 Å². The summed E-state index contributed by atoms with van der Waals surface area (Å²) in [6, 6.07) is 4.71. The summed E-state index contributed by atoms with van der Waals surface area (Å²) in [4.78, 5) is 11.1. The molecule has 1 aromatic rings. The lowest BCUT2D eigenvalue weighted by Crippen LogP contribution is -1.97. The number of nitrogens with zero attached hydrogens (tertiary/aromatic N) is 1. The van der Waals surface area contributed by atoms with Crippen LogP contribution in [-0.4, -0.2) is 10.9 Å². The minimum Gasteiger partial charge on any atom is -0.507 e. The number of carbonyl (C=O) groups excluding carboxylic acids is 1. The molecule has 0 amide bonds. The number of phenols is 1. The average molecular weight is 179 g/mol. The van der Waals surface area contributed by atoms with Crippen LogP contribution in [0.2, 0.25) is 0 Å². The number of phenolic OH excluding ortho intramolecular Hbond substituents is 1. The van der Waals surface area contributed by atoms with Gasteiger partial charge in [-0.1, -0.05) is 0 Å². The summed E-state index contributed by atoms with van der Waals surface area (Å²) in [6.07, 6.45) is -0.320. The van der Waals surface area contributed by atoms with Crippen molar-refractivity contribution in [2.24, 2.45) is 0 Å². The number of nitriles is 1. The van der Waals surface area contributed by atoms with Gasteiger partial charge in [-0.25, -0.2) is 4.39 Å². The Kier molecular flexibility index (Phi) is 2.60. The Balaban J connectivity index is 3.03. The number of halogens is 1. The van der Waals surface area contributed by atoms with E-state index in [2.05, 4.69) is 0 Å². The number of benzene rings is 1. The molecule has 0 unspecified atom stereocenters. The molecule has 0 spiro atoms. The monoisotopic (exact) mass is 179 g/mol. The second-order valence-corrected chi connectivity index (χ2v) is 2.42. The normalized spacial score (nSPS) is 9.23. The van der Waals surface area contributed by atoms with E-state index < -0.39 is 17.3 Å². The molecule has 0 saturated heterocycles. The summed E-state index contributed by atoms with van der Waals surface area (Å²) in [5.74, 6) is -1.56. The highest BCUT2D eigenvalue weighted by Crippen LogP contribution is 2.19. The Bertz CT molecular complexity index is 382. The molecule has 1 aromatic carbocycles. The van der Waals surface area contributed by atoms with Gasteiger partial charge in [-0.2, -0.15) is 5.26 Å². The fraction of sp³-hybridized carbons (Fsp3) is 0.111. The molecule has 0 bridgehead atoms. The first-order chi connectivity index (χ1) is 6.15. The van der Waals surface area contributed by atoms with Crippen molar-refractivity contribution in [2.45, 2.75) is 6.42 Å². The summed E-state index contributed by atoms with van der Waals surface area (Å²) in [7, 11) is 0. The lowest BCUT2D eigenvalue weighted by atomic mass is 10.1. The standard InChI is InChI=1S/C9H6FNO2/c10-6-1-2-7(9(13)5-6)8(12)3-4-11/h1-2,5,13H,3H2. The molecule has 1 rings (SSSR count). The zero-order valence-electron chi connectivity index (χ0n) is 6.62. The third kappa shape index (κ3) is 2.03. The number of aromatic hydroxyl groups is 1. The van der Waals surface area contributed by atoms with Crippen molar-refractivity contribution in [3.63, 3.8) is 0 Å². The van der Waals surface area contributed by atoms with Gasteiger partial charge in [0.2, 0.25) is 0 Å². The number of ketones is 1. The van der Waals surface area contributed by atoms with Gasteiger partial charge in [-0.15, -0.1) is 0 Å². The van der Waals surface area contributed by atoms with E-state index in [9.17, 15) is 9.18 Å². The molecule has 0 heterocycles. The van der Waals surface area contributed by atoms with Crippen LogP contribution < -0.4 is 0 Å². The molecule has 0 aliphatic carbocycles. The summed E-state index contributed by atoms with van der Waals surface area (Å²) < 4.78 is 12.5. The average Bonchev–Trinajstić information content (AvgIpc) is 2.04. The SMILES string of the molecule is N#CCC(=O)c1ccc(F)cc1O. The number of Topliss-reactive ketones (excluding diaryl/α,β-unsaturated/α-hetero) is 1. The molecule has 3 nitrogen and oxygen atoms in total. The highest BCUT2D eigenvalue weighted by molar-refractivity contribution is 5.99. The topological polar surface area (TPSA) is 61.1 Å². The Morgan fingerprint density at radius 3 is 2.85 bits per heavy atom. The Morgan fingerprint density at radius 1 is 1.62 bits per heavy atom. The van der Waals surface area contributed by atoms with E-state index in [1.807, 2.05) is 0 Å². The van der Waals surface area contributed by atoms with Crippen LogP contribution in [0.25, 0.3) is 0 Å². The van der Waals surface area contributed by atoms with Crippen LogP contribution in [0.1, 0.15) is 16.8 Å². The highest BCUT2D eigenvalue weighted by atomic mass is 19.1. The summed E-state index contributed by atoms with van der Waals surface area (Å²) in [5, 5.41) is 17.3. The maximum atomic E-state index is 12.5. The van der Waals surface area contributed by atoms with Crippen molar-refractivity contribution in [1.29, 1.82) is 5.26 Å². The van der Waals surface area contributed by atoms with Crippen molar-refractivity contribution >= 4 is 5.78 Å². The minimum absolute atomic E-state index is 0.0250. The van der Waals surface area contributed by atoms with Gasteiger partial charge in [0.15, 0.2) is 5.78 Å². The van der Waals surface area contributed by atoms with Gasteiger partial charge in [0.1, 0.15) is 11.6 Å². The lowest BCUT2D eigenvalue weighted by Gasteiger charge is -1.99. The molecule has 66 valence electrons. The van der Waals surface area contributed by atoms with Gasteiger partial charge in [0.05, 0.1) is 18.1 Å². The fourth-order valence-electron chi connectivity index (χ4n) is 0.908.